The third kappa shape index (κ3) is 3.10. The van der Waals surface area contributed by atoms with Crippen molar-refractivity contribution >= 4 is 22.7 Å². The van der Waals surface area contributed by atoms with Crippen LogP contribution in [0.1, 0.15) is 22.6 Å². The smallest absolute Gasteiger partial charge is 0.268 e. The van der Waals surface area contributed by atoms with Crippen LogP contribution in [0.4, 0.5) is 0 Å². The molecule has 1 aliphatic rings. The third-order valence-electron chi connectivity index (χ3n) is 5.75. The minimum atomic E-state index is -1.62. The molecule has 1 aliphatic heterocycles. The minimum absolute atomic E-state index is 0.159. The molecule has 9 nitrogen and oxygen atoms in total. The highest BCUT2D eigenvalue weighted by molar-refractivity contribution is 6.04. The zero-order valence-corrected chi connectivity index (χ0v) is 17.3. The number of hydrogen-bond acceptors (Lipinski definition) is 6. The quantitative estimate of drug-likeness (QED) is 0.509. The van der Waals surface area contributed by atoms with Crippen molar-refractivity contribution in [2.45, 2.75) is 12.0 Å². The molecule has 160 valence electrons. The van der Waals surface area contributed by atoms with E-state index in [1.165, 1.54) is 4.90 Å². The van der Waals surface area contributed by atoms with Gasteiger partial charge in [-0.1, -0.05) is 30.3 Å². The number of amides is 2. The summed E-state index contributed by atoms with van der Waals surface area (Å²) in [6.45, 7) is 0.471. The van der Waals surface area contributed by atoms with Gasteiger partial charge in [-0.3, -0.25) is 9.59 Å². The number of carbonyl (C=O) groups is 2. The molecule has 4 aromatic rings. The highest BCUT2D eigenvalue weighted by Gasteiger charge is 2.46. The Hall–Kier alpha value is -4.11. The van der Waals surface area contributed by atoms with E-state index in [4.69, 9.17) is 5.73 Å². The van der Waals surface area contributed by atoms with Crippen molar-refractivity contribution in [3.8, 4) is 17.1 Å². The number of rotatable bonds is 4. The topological polar surface area (TPSA) is 127 Å². The fourth-order valence-corrected chi connectivity index (χ4v) is 3.97. The van der Waals surface area contributed by atoms with Crippen LogP contribution in [0.15, 0.2) is 61.1 Å². The van der Waals surface area contributed by atoms with Gasteiger partial charge in [0.1, 0.15) is 11.4 Å². The second kappa shape index (κ2) is 7.24. The highest BCUT2D eigenvalue weighted by atomic mass is 16.3. The van der Waals surface area contributed by atoms with Gasteiger partial charge in [0, 0.05) is 42.8 Å². The van der Waals surface area contributed by atoms with Crippen LogP contribution in [-0.2, 0) is 10.4 Å². The zero-order chi connectivity index (χ0) is 22.5. The largest absolute Gasteiger partial charge is 0.374 e. The lowest BCUT2D eigenvalue weighted by Gasteiger charge is -2.18. The van der Waals surface area contributed by atoms with Crippen molar-refractivity contribution in [3.63, 3.8) is 0 Å². The number of fused-ring (bicyclic) bond motifs is 1. The predicted octanol–water partition coefficient (Wildman–Crippen LogP) is 1.63. The molecular weight excluding hydrogens is 408 g/mol. The average Bonchev–Trinajstić information content (AvgIpc) is 3.41. The molecule has 1 atom stereocenters. The Labute approximate surface area is 183 Å². The maximum Gasteiger partial charge on any atom is 0.268 e. The first kappa shape index (κ1) is 19.8. The minimum Gasteiger partial charge on any atom is -0.374 e. The number of nitrogens with two attached hydrogens (primary N) is 1. The first-order valence-corrected chi connectivity index (χ1v) is 10.1. The van der Waals surface area contributed by atoms with Crippen LogP contribution in [0.3, 0.4) is 0 Å². The summed E-state index contributed by atoms with van der Waals surface area (Å²) in [6.07, 6.45) is 3.49. The molecule has 0 aliphatic carbocycles. The number of para-hydroxylation sites is 1. The number of aliphatic hydroxyl groups is 1. The van der Waals surface area contributed by atoms with E-state index in [-0.39, 0.29) is 11.6 Å². The maximum absolute atomic E-state index is 12.4. The van der Waals surface area contributed by atoms with E-state index in [0.717, 1.165) is 5.69 Å². The number of likely N-dealkylation sites (N-methyl/N-ethyl adjacent to an activating group) is 1. The van der Waals surface area contributed by atoms with E-state index in [0.29, 0.717) is 41.0 Å². The molecule has 32 heavy (non-hydrogen) atoms. The van der Waals surface area contributed by atoms with E-state index in [2.05, 4.69) is 15.0 Å². The van der Waals surface area contributed by atoms with Crippen molar-refractivity contribution < 1.29 is 14.7 Å². The second-order valence-electron chi connectivity index (χ2n) is 7.83. The number of carbonyl (C=O) groups excluding carboxylic acids is 2. The second-order valence-corrected chi connectivity index (χ2v) is 7.83. The van der Waals surface area contributed by atoms with E-state index in [9.17, 15) is 14.7 Å². The summed E-state index contributed by atoms with van der Waals surface area (Å²) in [5.74, 6) is -0.620. The van der Waals surface area contributed by atoms with Gasteiger partial charge in [-0.2, -0.15) is 0 Å². The molecule has 0 bridgehead atoms. The molecule has 5 rings (SSSR count). The lowest BCUT2D eigenvalue weighted by molar-refractivity contribution is -0.143. The first-order valence-electron chi connectivity index (χ1n) is 10.1. The molecule has 0 saturated carbocycles. The van der Waals surface area contributed by atoms with Gasteiger partial charge < -0.3 is 20.3 Å². The summed E-state index contributed by atoms with van der Waals surface area (Å²) in [4.78, 5) is 39.1. The molecule has 3 heterocycles. The number of likely N-dealkylation sites (tertiary alicyclic amines) is 1. The lowest BCUT2D eigenvalue weighted by Crippen LogP contribution is -2.36. The van der Waals surface area contributed by atoms with Crippen LogP contribution >= 0.6 is 0 Å². The molecule has 1 fully saturated rings. The molecule has 2 amide bonds. The van der Waals surface area contributed by atoms with Crippen LogP contribution in [0, 0.1) is 0 Å². The summed E-state index contributed by atoms with van der Waals surface area (Å²) >= 11 is 0. The summed E-state index contributed by atoms with van der Waals surface area (Å²) in [5, 5.41) is 11.4. The monoisotopic (exact) mass is 428 g/mol. The van der Waals surface area contributed by atoms with E-state index < -0.39 is 11.5 Å². The first-order chi connectivity index (χ1) is 15.4. The van der Waals surface area contributed by atoms with E-state index >= 15 is 0 Å². The van der Waals surface area contributed by atoms with Gasteiger partial charge in [0.25, 0.3) is 11.8 Å². The molecule has 9 heteroatoms. The fourth-order valence-electron chi connectivity index (χ4n) is 3.97. The number of primary amides is 1. The Kier molecular flexibility index (Phi) is 4.49. The summed E-state index contributed by atoms with van der Waals surface area (Å²) < 4.78 is 1.72. The third-order valence-corrected chi connectivity index (χ3v) is 5.75. The molecule has 0 unspecified atom stereocenters. The van der Waals surface area contributed by atoms with Crippen LogP contribution in [0.2, 0.25) is 0 Å². The van der Waals surface area contributed by atoms with Crippen LogP contribution < -0.4 is 5.73 Å². The Bertz CT molecular complexity index is 1380. The van der Waals surface area contributed by atoms with Crippen molar-refractivity contribution in [2.24, 2.45) is 5.73 Å². The standard InChI is InChI=1S/C23H20N6O3/c1-28-10-9-23(32,22(28)31)18-12-29(13-25-18)15-6-4-5-14(11-15)21-26-17-8-3-2-7-16(17)19(27-21)20(24)30/h2-8,11-13,32H,9-10H2,1H3,(H2,24,30)/t23-/m1/s1. The van der Waals surface area contributed by atoms with Gasteiger partial charge in [0.2, 0.25) is 0 Å². The number of nitrogens with zero attached hydrogens (tertiary/aromatic N) is 5. The SMILES string of the molecule is CN1CC[C@@](O)(c2cn(-c3cccc(-c4nc(C(N)=O)c5ccccc5n4)c3)cn2)C1=O. The lowest BCUT2D eigenvalue weighted by atomic mass is 9.99. The van der Waals surface area contributed by atoms with Crippen molar-refractivity contribution in [1.29, 1.82) is 0 Å². The number of hydrogen-bond donors (Lipinski definition) is 2. The maximum atomic E-state index is 12.4. The highest BCUT2D eigenvalue weighted by Crippen LogP contribution is 2.32. The Morgan fingerprint density at radius 3 is 2.72 bits per heavy atom. The Morgan fingerprint density at radius 1 is 1.16 bits per heavy atom. The molecular formula is C23H20N6O3. The van der Waals surface area contributed by atoms with E-state index in [1.54, 1.807) is 42.3 Å². The molecule has 3 N–H and O–H groups in total. The van der Waals surface area contributed by atoms with Gasteiger partial charge >= 0.3 is 0 Å². The fraction of sp³-hybridized carbons (Fsp3) is 0.174. The molecule has 2 aromatic heterocycles. The number of aromatic nitrogens is 4. The normalized spacial score (nSPS) is 18.4. The summed E-state index contributed by atoms with van der Waals surface area (Å²) in [7, 11) is 1.66. The van der Waals surface area contributed by atoms with Crippen molar-refractivity contribution in [2.75, 3.05) is 13.6 Å². The zero-order valence-electron chi connectivity index (χ0n) is 17.3. The average molecular weight is 428 g/mol. The van der Waals surface area contributed by atoms with Gasteiger partial charge in [-0.05, 0) is 18.2 Å². The predicted molar refractivity (Wildman–Crippen MR) is 117 cm³/mol. The molecule has 0 spiro atoms. The molecule has 1 saturated heterocycles. The van der Waals surface area contributed by atoms with Crippen LogP contribution in [0.25, 0.3) is 28.0 Å². The summed E-state index contributed by atoms with van der Waals surface area (Å²) in [5.41, 5.74) is 6.43. The van der Waals surface area contributed by atoms with Crippen molar-refractivity contribution in [1.82, 2.24) is 24.4 Å². The van der Waals surface area contributed by atoms with Gasteiger partial charge in [-0.25, -0.2) is 15.0 Å². The number of benzene rings is 2. The van der Waals surface area contributed by atoms with Gasteiger partial charge in [0.05, 0.1) is 11.8 Å². The summed E-state index contributed by atoms with van der Waals surface area (Å²) in [6, 6.07) is 14.6. The molecule has 2 aromatic carbocycles. The van der Waals surface area contributed by atoms with Crippen LogP contribution in [0.5, 0.6) is 0 Å². The van der Waals surface area contributed by atoms with Gasteiger partial charge in [-0.15, -0.1) is 0 Å². The molecule has 0 radical (unpaired) electrons. The van der Waals surface area contributed by atoms with Gasteiger partial charge in [0.15, 0.2) is 11.4 Å². The Morgan fingerprint density at radius 2 is 1.97 bits per heavy atom. The Balaban J connectivity index is 1.55. The van der Waals surface area contributed by atoms with E-state index in [1.807, 2.05) is 30.3 Å². The van der Waals surface area contributed by atoms with Crippen LogP contribution in [-0.4, -0.2) is 54.9 Å². The van der Waals surface area contributed by atoms with Crippen molar-refractivity contribution in [3.05, 3.63) is 72.4 Å². The number of imidazole rings is 1.